The Bertz CT molecular complexity index is 440. The number of amides is 1. The van der Waals surface area contributed by atoms with Crippen LogP contribution in [0.3, 0.4) is 0 Å². The molecule has 1 amide bonds. The molecule has 0 aliphatic carbocycles. The summed E-state index contributed by atoms with van der Waals surface area (Å²) in [4.78, 5) is 13.2. The van der Waals surface area contributed by atoms with E-state index in [1.165, 1.54) is 11.1 Å². The predicted octanol–water partition coefficient (Wildman–Crippen LogP) is 2.97. The fourth-order valence-electron chi connectivity index (χ4n) is 2.10. The molecule has 0 saturated heterocycles. The van der Waals surface area contributed by atoms with Crippen LogP contribution in [0, 0.1) is 5.92 Å². The van der Waals surface area contributed by atoms with Gasteiger partial charge in [0.15, 0.2) is 0 Å². The van der Waals surface area contributed by atoms with Crippen LogP contribution in [-0.4, -0.2) is 17.4 Å². The molecule has 3 nitrogen and oxygen atoms in total. The lowest BCUT2D eigenvalue weighted by atomic mass is 10.1. The van der Waals surface area contributed by atoms with Crippen LogP contribution < -0.4 is 4.74 Å². The lowest BCUT2D eigenvalue weighted by Gasteiger charge is -2.11. The highest BCUT2D eigenvalue weighted by molar-refractivity contribution is 5.74. The average Bonchev–Trinajstić information content (AvgIpc) is 2.71. The highest BCUT2D eigenvalue weighted by Gasteiger charge is 2.20. The van der Waals surface area contributed by atoms with Gasteiger partial charge in [-0.25, -0.2) is 0 Å². The molecule has 0 fully saturated rings. The Morgan fingerprint density at radius 3 is 2.72 bits per heavy atom. The van der Waals surface area contributed by atoms with Gasteiger partial charge in [0, 0.05) is 20.0 Å². The van der Waals surface area contributed by atoms with Crippen LogP contribution in [0.4, 0.5) is 0 Å². The number of carbonyl (C=O) groups is 1. The summed E-state index contributed by atoms with van der Waals surface area (Å²) in [6, 6.07) is 6.14. The summed E-state index contributed by atoms with van der Waals surface area (Å²) in [7, 11) is 0. The average molecular weight is 247 g/mol. The van der Waals surface area contributed by atoms with Crippen LogP contribution in [0.15, 0.2) is 18.2 Å². The van der Waals surface area contributed by atoms with E-state index in [0.717, 1.165) is 25.3 Å². The zero-order valence-corrected chi connectivity index (χ0v) is 11.4. The summed E-state index contributed by atoms with van der Waals surface area (Å²) in [6.07, 6.45) is 1.07. The van der Waals surface area contributed by atoms with Crippen molar-refractivity contribution in [1.82, 2.24) is 4.90 Å². The van der Waals surface area contributed by atoms with E-state index in [9.17, 15) is 4.79 Å². The monoisotopic (exact) mass is 247 g/mol. The third-order valence-electron chi connectivity index (χ3n) is 3.31. The molecule has 0 N–H and O–H groups in total. The predicted molar refractivity (Wildman–Crippen MR) is 71.3 cm³/mol. The highest BCUT2D eigenvalue weighted by atomic mass is 16.5. The van der Waals surface area contributed by atoms with Gasteiger partial charge in [-0.2, -0.15) is 0 Å². The summed E-state index contributed by atoms with van der Waals surface area (Å²) in [5.74, 6) is 1.71. The first kappa shape index (κ1) is 12.9. The zero-order chi connectivity index (χ0) is 13.1. The molecular weight excluding hydrogens is 226 g/mol. The fourth-order valence-corrected chi connectivity index (χ4v) is 2.10. The van der Waals surface area contributed by atoms with Gasteiger partial charge in [-0.05, 0) is 35.6 Å². The van der Waals surface area contributed by atoms with Gasteiger partial charge < -0.3 is 9.64 Å². The second-order valence-electron chi connectivity index (χ2n) is 5.34. The molecule has 0 aromatic heterocycles. The van der Waals surface area contributed by atoms with Gasteiger partial charge >= 0.3 is 0 Å². The van der Waals surface area contributed by atoms with Crippen LogP contribution in [0.2, 0.25) is 0 Å². The standard InChI is InChI=1S/C15H21NO2/c1-11(2)6-7-18-15-5-4-13-9-16(12(3)17)10-14(13)8-15/h4-5,8,11H,6-7,9-10H2,1-3H3. The summed E-state index contributed by atoms with van der Waals surface area (Å²) in [5, 5.41) is 0. The molecule has 98 valence electrons. The van der Waals surface area contributed by atoms with E-state index in [-0.39, 0.29) is 5.91 Å². The molecule has 0 atom stereocenters. The van der Waals surface area contributed by atoms with Crippen molar-refractivity contribution in [1.29, 1.82) is 0 Å². The molecule has 18 heavy (non-hydrogen) atoms. The third-order valence-corrected chi connectivity index (χ3v) is 3.31. The highest BCUT2D eigenvalue weighted by Crippen LogP contribution is 2.26. The van der Waals surface area contributed by atoms with Crippen molar-refractivity contribution in [3.63, 3.8) is 0 Å². The van der Waals surface area contributed by atoms with Crippen molar-refractivity contribution < 1.29 is 9.53 Å². The van der Waals surface area contributed by atoms with Crippen molar-refractivity contribution in [2.75, 3.05) is 6.61 Å². The smallest absolute Gasteiger partial charge is 0.220 e. The lowest BCUT2D eigenvalue weighted by Crippen LogP contribution is -2.21. The minimum Gasteiger partial charge on any atom is -0.494 e. The quantitative estimate of drug-likeness (QED) is 0.818. The van der Waals surface area contributed by atoms with E-state index >= 15 is 0 Å². The number of benzene rings is 1. The van der Waals surface area contributed by atoms with E-state index in [1.807, 2.05) is 11.0 Å². The maximum absolute atomic E-state index is 11.3. The van der Waals surface area contributed by atoms with Crippen molar-refractivity contribution >= 4 is 5.91 Å². The van der Waals surface area contributed by atoms with Gasteiger partial charge in [-0.1, -0.05) is 19.9 Å². The molecule has 1 heterocycles. The summed E-state index contributed by atoms with van der Waals surface area (Å²) < 4.78 is 5.73. The van der Waals surface area contributed by atoms with E-state index in [4.69, 9.17) is 4.74 Å². The van der Waals surface area contributed by atoms with Gasteiger partial charge in [-0.3, -0.25) is 4.79 Å². The number of hydrogen-bond acceptors (Lipinski definition) is 2. The van der Waals surface area contributed by atoms with Crippen LogP contribution in [0.25, 0.3) is 0 Å². The number of nitrogens with zero attached hydrogens (tertiary/aromatic N) is 1. The van der Waals surface area contributed by atoms with Crippen molar-refractivity contribution in [3.05, 3.63) is 29.3 Å². The van der Waals surface area contributed by atoms with Gasteiger partial charge in [0.25, 0.3) is 0 Å². The van der Waals surface area contributed by atoms with Gasteiger partial charge in [0.1, 0.15) is 5.75 Å². The molecule has 1 aromatic rings. The minimum absolute atomic E-state index is 0.133. The molecule has 0 spiro atoms. The summed E-state index contributed by atoms with van der Waals surface area (Å²) in [5.41, 5.74) is 2.45. The lowest BCUT2D eigenvalue weighted by molar-refractivity contribution is -0.129. The largest absolute Gasteiger partial charge is 0.494 e. The Morgan fingerprint density at radius 2 is 2.06 bits per heavy atom. The molecule has 1 aliphatic rings. The van der Waals surface area contributed by atoms with Crippen LogP contribution in [-0.2, 0) is 17.9 Å². The molecular formula is C15H21NO2. The van der Waals surface area contributed by atoms with Crippen LogP contribution in [0.1, 0.15) is 38.3 Å². The first-order chi connectivity index (χ1) is 8.56. The Hall–Kier alpha value is -1.51. The number of rotatable bonds is 4. The number of hydrogen-bond donors (Lipinski definition) is 0. The maximum Gasteiger partial charge on any atom is 0.220 e. The Kier molecular flexibility index (Phi) is 3.90. The Morgan fingerprint density at radius 1 is 1.33 bits per heavy atom. The van der Waals surface area contributed by atoms with Gasteiger partial charge in [0.05, 0.1) is 6.61 Å². The number of carbonyl (C=O) groups excluding carboxylic acids is 1. The molecule has 0 saturated carbocycles. The van der Waals surface area contributed by atoms with E-state index in [1.54, 1.807) is 6.92 Å². The molecule has 1 aromatic carbocycles. The molecule has 0 bridgehead atoms. The van der Waals surface area contributed by atoms with Crippen molar-refractivity contribution in [2.24, 2.45) is 5.92 Å². The van der Waals surface area contributed by atoms with Crippen LogP contribution in [0.5, 0.6) is 5.75 Å². The van der Waals surface area contributed by atoms with Crippen LogP contribution >= 0.6 is 0 Å². The molecule has 3 heteroatoms. The maximum atomic E-state index is 11.3. The summed E-state index contributed by atoms with van der Waals surface area (Å²) >= 11 is 0. The van der Waals surface area contributed by atoms with E-state index in [0.29, 0.717) is 12.5 Å². The second-order valence-corrected chi connectivity index (χ2v) is 5.34. The number of ether oxygens (including phenoxy) is 1. The Balaban J connectivity index is 1.97. The van der Waals surface area contributed by atoms with E-state index < -0.39 is 0 Å². The van der Waals surface area contributed by atoms with Gasteiger partial charge in [-0.15, -0.1) is 0 Å². The van der Waals surface area contributed by atoms with E-state index in [2.05, 4.69) is 26.0 Å². The molecule has 0 unspecified atom stereocenters. The number of fused-ring (bicyclic) bond motifs is 1. The first-order valence-corrected chi connectivity index (χ1v) is 6.56. The SMILES string of the molecule is CC(=O)N1Cc2ccc(OCCC(C)C)cc2C1. The van der Waals surface area contributed by atoms with Crippen molar-refractivity contribution in [2.45, 2.75) is 40.3 Å². The molecule has 2 rings (SSSR count). The Labute approximate surface area is 109 Å². The zero-order valence-electron chi connectivity index (χ0n) is 11.4. The third kappa shape index (κ3) is 3.03. The van der Waals surface area contributed by atoms with Gasteiger partial charge in [0.2, 0.25) is 5.91 Å². The first-order valence-electron chi connectivity index (χ1n) is 6.56. The topological polar surface area (TPSA) is 29.5 Å². The minimum atomic E-state index is 0.133. The normalized spacial score (nSPS) is 13.9. The molecule has 0 radical (unpaired) electrons. The van der Waals surface area contributed by atoms with Crippen molar-refractivity contribution in [3.8, 4) is 5.75 Å². The molecule has 1 aliphatic heterocycles. The second kappa shape index (κ2) is 5.42. The fraction of sp³-hybridized carbons (Fsp3) is 0.533. The summed E-state index contributed by atoms with van der Waals surface area (Å²) in [6.45, 7) is 8.20.